The van der Waals surface area contributed by atoms with Gasteiger partial charge < -0.3 is 15.2 Å². The smallest absolute Gasteiger partial charge is 0.386 e. The zero-order valence-corrected chi connectivity index (χ0v) is 17.8. The number of nitrogens with zero attached hydrogens (tertiary/aromatic N) is 2. The maximum absolute atomic E-state index is 13.2. The van der Waals surface area contributed by atoms with Gasteiger partial charge in [-0.2, -0.15) is 22.0 Å². The lowest BCUT2D eigenvalue weighted by Gasteiger charge is -2.33. The summed E-state index contributed by atoms with van der Waals surface area (Å²) in [4.78, 5) is 17.0. The lowest BCUT2D eigenvalue weighted by Crippen LogP contribution is -2.48. The topological polar surface area (TPSA) is 74.7 Å². The molecule has 1 aliphatic heterocycles. The number of carbonyl (C=O) groups excluding carboxylic acids is 1. The zero-order valence-electron chi connectivity index (χ0n) is 17.8. The Morgan fingerprint density at radius 2 is 1.85 bits per heavy atom. The van der Waals surface area contributed by atoms with Crippen LogP contribution in [0.5, 0.6) is 0 Å². The molecule has 6 nitrogen and oxygen atoms in total. The summed E-state index contributed by atoms with van der Waals surface area (Å²) >= 11 is 0. The molecule has 0 aliphatic carbocycles. The molecule has 2 aromatic rings. The summed E-state index contributed by atoms with van der Waals surface area (Å²) in [5.74, 6) is -1.67. The average molecular weight is 491 g/mol. The summed E-state index contributed by atoms with van der Waals surface area (Å²) in [5, 5.41) is 12.0. The van der Waals surface area contributed by atoms with Crippen LogP contribution >= 0.6 is 0 Å². The minimum absolute atomic E-state index is 0.0183. The van der Waals surface area contributed by atoms with Gasteiger partial charge >= 0.3 is 12.6 Å². The van der Waals surface area contributed by atoms with Crippen molar-refractivity contribution in [1.29, 1.82) is 0 Å². The number of rotatable bonds is 8. The van der Waals surface area contributed by atoms with E-state index in [4.69, 9.17) is 4.74 Å². The summed E-state index contributed by atoms with van der Waals surface area (Å²) in [5.41, 5.74) is 2.18. The number of ether oxygens (including phenoxy) is 1. The fourth-order valence-electron chi connectivity index (χ4n) is 3.51. The first-order valence-electron chi connectivity index (χ1n) is 10.4. The van der Waals surface area contributed by atoms with Gasteiger partial charge in [0, 0.05) is 31.4 Å². The van der Waals surface area contributed by atoms with Crippen LogP contribution in [0.3, 0.4) is 0 Å². The van der Waals surface area contributed by atoms with Crippen LogP contribution in [0, 0.1) is 0 Å². The van der Waals surface area contributed by atoms with Gasteiger partial charge in [-0.05, 0) is 17.2 Å². The number of alkyl halides is 6. The van der Waals surface area contributed by atoms with E-state index in [1.165, 1.54) is 12.1 Å². The van der Waals surface area contributed by atoms with Crippen LogP contribution in [0.2, 0.25) is 0 Å². The maximum Gasteiger partial charge on any atom is 0.415 e. The molecule has 0 saturated carbocycles. The highest BCUT2D eigenvalue weighted by Crippen LogP contribution is 2.27. The summed E-state index contributed by atoms with van der Waals surface area (Å²) in [6.45, 7) is -0.933. The predicted octanol–water partition coefficient (Wildman–Crippen LogP) is 3.26. The van der Waals surface area contributed by atoms with E-state index in [1.54, 1.807) is 40.7 Å². The van der Waals surface area contributed by atoms with Crippen LogP contribution in [-0.4, -0.2) is 72.0 Å². The molecule has 1 aliphatic rings. The maximum atomic E-state index is 13.2. The second-order valence-electron chi connectivity index (χ2n) is 7.81. The third-order valence-electron chi connectivity index (χ3n) is 5.38. The monoisotopic (exact) mass is 491 g/mol. The summed E-state index contributed by atoms with van der Waals surface area (Å²) in [7, 11) is 0. The molecule has 186 valence electrons. The molecule has 2 N–H and O–H groups in total. The second kappa shape index (κ2) is 11.2. The minimum Gasteiger partial charge on any atom is -0.386 e. The first kappa shape index (κ1) is 25.9. The second-order valence-corrected chi connectivity index (χ2v) is 7.81. The SMILES string of the molecule is O=C(N[C@H](CF)[C@H](O)c1ccc(-c2ccc(CN3CCOC(C(F)(F)F)C3)nc2)cc1)C(F)F. The van der Waals surface area contributed by atoms with Crippen LogP contribution in [0.15, 0.2) is 42.6 Å². The van der Waals surface area contributed by atoms with E-state index in [-0.39, 0.29) is 25.3 Å². The van der Waals surface area contributed by atoms with E-state index in [1.807, 2.05) is 0 Å². The zero-order chi connectivity index (χ0) is 24.9. The molecule has 3 atom stereocenters. The molecule has 1 aromatic heterocycles. The number of pyridine rings is 1. The van der Waals surface area contributed by atoms with E-state index in [0.717, 1.165) is 0 Å². The van der Waals surface area contributed by atoms with Crippen LogP contribution in [-0.2, 0) is 16.1 Å². The molecule has 0 spiro atoms. The number of aliphatic hydroxyl groups excluding tert-OH is 1. The van der Waals surface area contributed by atoms with Crippen molar-refractivity contribution in [3.8, 4) is 11.1 Å². The van der Waals surface area contributed by atoms with Crippen LogP contribution < -0.4 is 5.32 Å². The first-order chi connectivity index (χ1) is 16.1. The van der Waals surface area contributed by atoms with Crippen LogP contribution in [0.4, 0.5) is 26.3 Å². The first-order valence-corrected chi connectivity index (χ1v) is 10.4. The minimum atomic E-state index is -4.42. The number of halogens is 6. The molecule has 0 radical (unpaired) electrons. The van der Waals surface area contributed by atoms with Gasteiger partial charge in [0.2, 0.25) is 0 Å². The van der Waals surface area contributed by atoms with Gasteiger partial charge in [-0.25, -0.2) is 4.39 Å². The lowest BCUT2D eigenvalue weighted by molar-refractivity contribution is -0.237. The highest BCUT2D eigenvalue weighted by molar-refractivity contribution is 5.79. The van der Waals surface area contributed by atoms with E-state index >= 15 is 0 Å². The molecule has 34 heavy (non-hydrogen) atoms. The fourth-order valence-corrected chi connectivity index (χ4v) is 3.51. The van der Waals surface area contributed by atoms with Gasteiger partial charge in [-0.15, -0.1) is 0 Å². The number of nitrogens with one attached hydrogen (secondary N) is 1. The standard InChI is InChI=1S/C22H23F6N3O3/c23-9-17(30-21(33)20(24)25)19(32)14-3-1-13(2-4-14)15-5-6-16(29-10-15)11-31-7-8-34-18(12-31)22(26,27)28/h1-6,10,17-20,32H,7-9,11-12H2,(H,30,33)/t17-,18?,19-/m1/s1. The highest BCUT2D eigenvalue weighted by Gasteiger charge is 2.43. The van der Waals surface area contributed by atoms with Gasteiger partial charge in [0.05, 0.1) is 18.3 Å². The average Bonchev–Trinajstić information content (AvgIpc) is 2.82. The Kier molecular flexibility index (Phi) is 8.50. The normalized spacial score (nSPS) is 19.1. The van der Waals surface area contributed by atoms with E-state index in [2.05, 4.69) is 4.98 Å². The number of carbonyl (C=O) groups is 1. The lowest BCUT2D eigenvalue weighted by atomic mass is 9.99. The quantitative estimate of drug-likeness (QED) is 0.555. The summed E-state index contributed by atoms with van der Waals surface area (Å²) in [6, 6.07) is 8.06. The van der Waals surface area contributed by atoms with Crippen molar-refractivity contribution in [3.05, 3.63) is 53.9 Å². The van der Waals surface area contributed by atoms with Crippen molar-refractivity contribution in [2.24, 2.45) is 0 Å². The number of amides is 1. The van der Waals surface area contributed by atoms with Crippen molar-refractivity contribution in [1.82, 2.24) is 15.2 Å². The summed E-state index contributed by atoms with van der Waals surface area (Å²) < 4.78 is 81.3. The molecule has 1 unspecified atom stereocenters. The van der Waals surface area contributed by atoms with Crippen molar-refractivity contribution in [2.75, 3.05) is 26.4 Å². The van der Waals surface area contributed by atoms with Crippen LogP contribution in [0.1, 0.15) is 17.4 Å². The molecule has 3 rings (SSSR count). The Balaban J connectivity index is 1.62. The molecule has 1 aromatic carbocycles. The van der Waals surface area contributed by atoms with Gasteiger partial charge in [-0.1, -0.05) is 30.3 Å². The number of aromatic nitrogens is 1. The van der Waals surface area contributed by atoms with Gasteiger partial charge in [0.25, 0.3) is 5.91 Å². The number of benzene rings is 1. The molecule has 12 heteroatoms. The molecular weight excluding hydrogens is 468 g/mol. The van der Waals surface area contributed by atoms with E-state index < -0.39 is 43.4 Å². The Morgan fingerprint density at radius 3 is 2.41 bits per heavy atom. The van der Waals surface area contributed by atoms with Gasteiger partial charge in [0.15, 0.2) is 6.10 Å². The van der Waals surface area contributed by atoms with Gasteiger partial charge in [0.1, 0.15) is 12.8 Å². The highest BCUT2D eigenvalue weighted by atomic mass is 19.4. The third kappa shape index (κ3) is 6.67. The van der Waals surface area contributed by atoms with E-state index in [9.17, 15) is 36.2 Å². The van der Waals surface area contributed by atoms with Crippen LogP contribution in [0.25, 0.3) is 11.1 Å². The molecule has 0 bridgehead atoms. The Labute approximate surface area is 191 Å². The summed E-state index contributed by atoms with van der Waals surface area (Å²) in [6.07, 6.45) is -9.55. The van der Waals surface area contributed by atoms with Crippen molar-refractivity contribution >= 4 is 5.91 Å². The molecule has 1 amide bonds. The number of morpholine rings is 1. The van der Waals surface area contributed by atoms with Crippen molar-refractivity contribution < 1.29 is 41.0 Å². The van der Waals surface area contributed by atoms with Gasteiger partial charge in [-0.3, -0.25) is 14.7 Å². The number of hydrogen-bond donors (Lipinski definition) is 2. The molecule has 1 saturated heterocycles. The predicted molar refractivity (Wildman–Crippen MR) is 110 cm³/mol. The molecular formula is C22H23F6N3O3. The Morgan fingerprint density at radius 1 is 1.18 bits per heavy atom. The Hall–Kier alpha value is -2.70. The third-order valence-corrected chi connectivity index (χ3v) is 5.38. The number of hydrogen-bond acceptors (Lipinski definition) is 5. The number of aliphatic hydroxyl groups is 1. The van der Waals surface area contributed by atoms with Crippen molar-refractivity contribution in [2.45, 2.75) is 37.4 Å². The van der Waals surface area contributed by atoms with E-state index in [0.29, 0.717) is 23.4 Å². The molecule has 1 fully saturated rings. The fraction of sp³-hybridized carbons (Fsp3) is 0.455. The van der Waals surface area contributed by atoms with Crippen molar-refractivity contribution in [3.63, 3.8) is 0 Å². The largest absolute Gasteiger partial charge is 0.415 e. The molecule has 2 heterocycles. The Bertz CT molecular complexity index is 940.